The third-order valence-electron chi connectivity index (χ3n) is 3.48. The molecule has 1 rings (SSSR count). The Morgan fingerprint density at radius 2 is 1.71 bits per heavy atom. The molecule has 0 saturated heterocycles. The minimum Gasteiger partial charge on any atom is -0.398 e. The van der Waals surface area contributed by atoms with Gasteiger partial charge in [0.25, 0.3) is 0 Å². The minimum absolute atomic E-state index is 0.109. The van der Waals surface area contributed by atoms with Crippen molar-refractivity contribution >= 4 is 21.6 Å². The van der Waals surface area contributed by atoms with Crippen molar-refractivity contribution in [3.63, 3.8) is 0 Å². The summed E-state index contributed by atoms with van der Waals surface area (Å²) in [5.74, 6) is -0.954. The Bertz CT molecular complexity index is 667. The molecular weight excluding hydrogens is 290 g/mol. The first kappa shape index (κ1) is 17.5. The molecule has 0 radical (unpaired) electrons. The van der Waals surface area contributed by atoms with Crippen LogP contribution < -0.4 is 16.2 Å². The molecule has 0 aliphatic heterocycles. The van der Waals surface area contributed by atoms with Crippen LogP contribution in [0.3, 0.4) is 0 Å². The predicted molar refractivity (Wildman–Crippen MR) is 83.2 cm³/mol. The second kappa shape index (κ2) is 6.03. The molecule has 0 heterocycles. The van der Waals surface area contributed by atoms with Crippen LogP contribution in [0.15, 0.2) is 11.0 Å². The quantitative estimate of drug-likeness (QED) is 0.703. The molecule has 0 bridgehead atoms. The number of primary amides is 1. The molecule has 1 unspecified atom stereocenters. The van der Waals surface area contributed by atoms with Crippen LogP contribution in [0, 0.1) is 26.7 Å². The first-order valence-corrected chi connectivity index (χ1v) is 8.15. The number of hydrogen-bond acceptors (Lipinski definition) is 4. The normalized spacial score (nSPS) is 13.4. The van der Waals surface area contributed by atoms with E-state index in [1.54, 1.807) is 33.8 Å². The van der Waals surface area contributed by atoms with Gasteiger partial charge < -0.3 is 11.5 Å². The predicted octanol–water partition coefficient (Wildman–Crippen LogP) is 0.982. The molecule has 0 fully saturated rings. The highest BCUT2D eigenvalue weighted by Gasteiger charge is 2.29. The Balaban J connectivity index is 3.39. The Labute approximate surface area is 126 Å². The van der Waals surface area contributed by atoms with E-state index in [-0.39, 0.29) is 10.8 Å². The van der Waals surface area contributed by atoms with Crippen molar-refractivity contribution in [2.75, 3.05) is 5.73 Å². The Morgan fingerprint density at radius 1 is 1.19 bits per heavy atom. The van der Waals surface area contributed by atoms with E-state index in [1.807, 2.05) is 6.92 Å². The fraction of sp³-hybridized carbons (Fsp3) is 0.500. The van der Waals surface area contributed by atoms with Crippen molar-refractivity contribution in [3.8, 4) is 0 Å². The zero-order valence-electron chi connectivity index (χ0n) is 13.0. The molecule has 6 nitrogen and oxygen atoms in total. The number of aryl methyl sites for hydroxylation is 2. The second-order valence-electron chi connectivity index (χ2n) is 5.62. The van der Waals surface area contributed by atoms with Gasteiger partial charge in [-0.1, -0.05) is 19.9 Å². The number of anilines is 1. The van der Waals surface area contributed by atoms with E-state index in [4.69, 9.17) is 11.5 Å². The summed E-state index contributed by atoms with van der Waals surface area (Å²) in [5, 5.41) is 0. The summed E-state index contributed by atoms with van der Waals surface area (Å²) in [5.41, 5.74) is 13.5. The van der Waals surface area contributed by atoms with Crippen molar-refractivity contribution in [2.45, 2.75) is 45.6 Å². The van der Waals surface area contributed by atoms with Crippen molar-refractivity contribution in [1.29, 1.82) is 0 Å². The van der Waals surface area contributed by atoms with E-state index in [0.29, 0.717) is 16.8 Å². The molecule has 21 heavy (non-hydrogen) atoms. The van der Waals surface area contributed by atoms with Gasteiger partial charge in [-0.2, -0.15) is 4.72 Å². The fourth-order valence-corrected chi connectivity index (χ4v) is 4.18. The van der Waals surface area contributed by atoms with Gasteiger partial charge in [-0.15, -0.1) is 0 Å². The van der Waals surface area contributed by atoms with E-state index < -0.39 is 22.0 Å². The lowest BCUT2D eigenvalue weighted by atomic mass is 10.1. The maximum absolute atomic E-state index is 12.6. The van der Waals surface area contributed by atoms with Gasteiger partial charge in [-0.05, 0) is 43.4 Å². The third-order valence-corrected chi connectivity index (χ3v) is 5.21. The highest BCUT2D eigenvalue weighted by molar-refractivity contribution is 7.89. The molecule has 1 amide bonds. The first-order valence-electron chi connectivity index (χ1n) is 6.67. The van der Waals surface area contributed by atoms with Crippen LogP contribution in [0.1, 0.15) is 30.5 Å². The highest BCUT2D eigenvalue weighted by atomic mass is 32.2. The molecular formula is C14H23N3O3S. The lowest BCUT2D eigenvalue weighted by Crippen LogP contribution is -2.47. The SMILES string of the molecule is Cc1cc(C)c(S(=O)(=O)NC(C(N)=O)C(C)C)c(C)c1N. The van der Waals surface area contributed by atoms with Crippen LogP contribution in [0.4, 0.5) is 5.69 Å². The lowest BCUT2D eigenvalue weighted by molar-refractivity contribution is -0.120. The van der Waals surface area contributed by atoms with Gasteiger partial charge in [-0.25, -0.2) is 8.42 Å². The molecule has 0 spiro atoms. The van der Waals surface area contributed by atoms with Gasteiger partial charge in [0.05, 0.1) is 4.90 Å². The minimum atomic E-state index is -3.88. The molecule has 1 aromatic rings. The number of rotatable bonds is 5. The van der Waals surface area contributed by atoms with Crippen LogP contribution in [0.5, 0.6) is 0 Å². The average Bonchev–Trinajstić information content (AvgIpc) is 2.32. The van der Waals surface area contributed by atoms with Crippen molar-refractivity contribution < 1.29 is 13.2 Å². The van der Waals surface area contributed by atoms with Gasteiger partial charge in [0.1, 0.15) is 6.04 Å². The largest absolute Gasteiger partial charge is 0.398 e. The van der Waals surface area contributed by atoms with Gasteiger partial charge in [0, 0.05) is 5.69 Å². The number of nitrogens with two attached hydrogens (primary N) is 2. The number of amides is 1. The highest BCUT2D eigenvalue weighted by Crippen LogP contribution is 2.28. The monoisotopic (exact) mass is 313 g/mol. The number of benzene rings is 1. The number of sulfonamides is 1. The molecule has 0 aliphatic rings. The molecule has 0 aromatic heterocycles. The third kappa shape index (κ3) is 3.54. The first-order chi connectivity index (χ1) is 9.49. The number of nitrogens with one attached hydrogen (secondary N) is 1. The molecule has 0 aliphatic carbocycles. The number of hydrogen-bond donors (Lipinski definition) is 3. The lowest BCUT2D eigenvalue weighted by Gasteiger charge is -2.21. The molecule has 0 saturated carbocycles. The average molecular weight is 313 g/mol. The zero-order chi connectivity index (χ0) is 16.5. The fourth-order valence-electron chi connectivity index (χ4n) is 2.34. The van der Waals surface area contributed by atoms with Crippen molar-refractivity contribution in [1.82, 2.24) is 4.72 Å². The Hall–Kier alpha value is -1.60. The Kier molecular flexibility index (Phi) is 5.01. The molecule has 1 aromatic carbocycles. The standard InChI is InChI=1S/C14H23N3O3S/c1-7(2)12(14(16)18)17-21(19,20)13-9(4)6-8(3)11(15)10(13)5/h6-7,12,17H,15H2,1-5H3,(H2,16,18). The number of carbonyl (C=O) groups is 1. The maximum atomic E-state index is 12.6. The van der Waals surface area contributed by atoms with Crippen LogP contribution in [-0.2, 0) is 14.8 Å². The van der Waals surface area contributed by atoms with Gasteiger partial charge in [0.15, 0.2) is 0 Å². The molecule has 1 atom stereocenters. The summed E-state index contributed by atoms with van der Waals surface area (Å²) in [4.78, 5) is 11.5. The topological polar surface area (TPSA) is 115 Å². The van der Waals surface area contributed by atoms with Crippen LogP contribution in [0.2, 0.25) is 0 Å². The van der Waals surface area contributed by atoms with E-state index in [0.717, 1.165) is 5.56 Å². The van der Waals surface area contributed by atoms with E-state index in [2.05, 4.69) is 4.72 Å². The van der Waals surface area contributed by atoms with Crippen LogP contribution in [0.25, 0.3) is 0 Å². The molecule has 5 N–H and O–H groups in total. The number of nitrogen functional groups attached to an aromatic ring is 1. The van der Waals surface area contributed by atoms with E-state index in [9.17, 15) is 13.2 Å². The second-order valence-corrected chi connectivity index (χ2v) is 7.27. The van der Waals surface area contributed by atoms with Gasteiger partial charge in [-0.3, -0.25) is 4.79 Å². The van der Waals surface area contributed by atoms with Crippen molar-refractivity contribution in [3.05, 3.63) is 22.8 Å². The summed E-state index contributed by atoms with van der Waals surface area (Å²) in [6.45, 7) is 8.61. The van der Waals surface area contributed by atoms with Gasteiger partial charge >= 0.3 is 0 Å². The number of carbonyl (C=O) groups excluding carboxylic acids is 1. The van der Waals surface area contributed by atoms with Gasteiger partial charge in [0.2, 0.25) is 15.9 Å². The molecule has 118 valence electrons. The van der Waals surface area contributed by atoms with E-state index >= 15 is 0 Å². The van der Waals surface area contributed by atoms with Crippen LogP contribution >= 0.6 is 0 Å². The van der Waals surface area contributed by atoms with Crippen molar-refractivity contribution in [2.24, 2.45) is 11.7 Å². The molecule has 7 heteroatoms. The Morgan fingerprint density at radius 3 is 2.14 bits per heavy atom. The van der Waals surface area contributed by atoms with E-state index in [1.165, 1.54) is 0 Å². The summed E-state index contributed by atoms with van der Waals surface area (Å²) in [6.07, 6.45) is 0. The maximum Gasteiger partial charge on any atom is 0.241 e. The summed E-state index contributed by atoms with van der Waals surface area (Å²) >= 11 is 0. The summed E-state index contributed by atoms with van der Waals surface area (Å²) < 4.78 is 27.5. The summed E-state index contributed by atoms with van der Waals surface area (Å²) in [6, 6.07) is 0.752. The smallest absolute Gasteiger partial charge is 0.241 e. The van der Waals surface area contributed by atoms with Crippen LogP contribution in [-0.4, -0.2) is 20.4 Å². The zero-order valence-corrected chi connectivity index (χ0v) is 13.8. The summed E-state index contributed by atoms with van der Waals surface area (Å²) in [7, 11) is -3.88.